The van der Waals surface area contributed by atoms with E-state index < -0.39 is 0 Å². The largest absolute Gasteiger partial charge is 0.507 e. The summed E-state index contributed by atoms with van der Waals surface area (Å²) in [6.07, 6.45) is 8.65. The summed E-state index contributed by atoms with van der Waals surface area (Å²) in [7, 11) is 0. The Labute approximate surface area is 179 Å². The first-order chi connectivity index (χ1) is 14.3. The number of phenols is 1. The maximum atomic E-state index is 13.6. The molecule has 3 heteroatoms. The van der Waals surface area contributed by atoms with Gasteiger partial charge in [0.2, 0.25) is 0 Å². The molecule has 0 aromatic heterocycles. The van der Waals surface area contributed by atoms with Crippen molar-refractivity contribution >= 4 is 0 Å². The number of phenolic OH excluding ortho intramolecular Hbond substituents is 1. The van der Waals surface area contributed by atoms with Crippen LogP contribution in [0, 0.1) is 25.6 Å². The highest BCUT2D eigenvalue weighted by molar-refractivity contribution is 5.64. The maximum Gasteiger partial charge on any atom is 0.130 e. The quantitative estimate of drug-likeness (QED) is 0.548. The number of fused-ring (bicyclic) bond motifs is 3. The number of benzene rings is 2. The molecule has 0 saturated heterocycles. The topological polar surface area (TPSA) is 29.5 Å². The van der Waals surface area contributed by atoms with Crippen molar-refractivity contribution in [2.75, 3.05) is 0 Å². The van der Waals surface area contributed by atoms with Crippen molar-refractivity contribution in [3.8, 4) is 11.5 Å². The maximum absolute atomic E-state index is 13.6. The third-order valence-electron chi connectivity index (χ3n) is 7.44. The molecular weight excluding hydrogens is 375 g/mol. The zero-order valence-electron chi connectivity index (χ0n) is 18.8. The molecule has 4 atom stereocenters. The van der Waals surface area contributed by atoms with E-state index in [0.29, 0.717) is 11.7 Å². The van der Waals surface area contributed by atoms with Gasteiger partial charge in [0.15, 0.2) is 0 Å². The van der Waals surface area contributed by atoms with Gasteiger partial charge in [-0.3, -0.25) is 0 Å². The first kappa shape index (κ1) is 21.0. The van der Waals surface area contributed by atoms with Crippen LogP contribution in [0.5, 0.6) is 11.5 Å². The van der Waals surface area contributed by atoms with Crippen LogP contribution < -0.4 is 4.74 Å². The minimum atomic E-state index is -0.338. The van der Waals surface area contributed by atoms with Gasteiger partial charge in [0, 0.05) is 22.8 Å². The van der Waals surface area contributed by atoms with Crippen LogP contribution in [0.2, 0.25) is 0 Å². The summed E-state index contributed by atoms with van der Waals surface area (Å²) in [5, 5.41) is 11.4. The molecule has 0 bridgehead atoms. The number of aromatic hydroxyl groups is 1. The highest BCUT2D eigenvalue weighted by Crippen LogP contribution is 2.54. The standard InChI is InChI=1S/C27H33FO2/c1-6-15-27(5,19-11-13-20(28)14-12-19)24-16(2)25(29)23-22-10-8-7-9-21(22)18(4)30-26(23)17(24)3/h8,10-14,18,21-22,29H,6-7,9,15H2,1-5H3. The lowest BCUT2D eigenvalue weighted by atomic mass is 9.67. The van der Waals surface area contributed by atoms with Gasteiger partial charge in [0.05, 0.1) is 6.10 Å². The molecule has 2 aromatic rings. The molecule has 1 aliphatic carbocycles. The molecular formula is C27H33FO2. The van der Waals surface area contributed by atoms with Crippen LogP contribution in [-0.4, -0.2) is 11.2 Å². The summed E-state index contributed by atoms with van der Waals surface area (Å²) in [5.74, 6) is 1.58. The van der Waals surface area contributed by atoms with Crippen LogP contribution in [0.4, 0.5) is 4.39 Å². The first-order valence-corrected chi connectivity index (χ1v) is 11.3. The van der Waals surface area contributed by atoms with Gasteiger partial charge in [0.1, 0.15) is 17.3 Å². The number of ether oxygens (including phenoxy) is 1. The lowest BCUT2D eigenvalue weighted by Crippen LogP contribution is -2.36. The smallest absolute Gasteiger partial charge is 0.130 e. The van der Waals surface area contributed by atoms with Gasteiger partial charge in [-0.2, -0.15) is 0 Å². The van der Waals surface area contributed by atoms with Crippen LogP contribution in [0.3, 0.4) is 0 Å². The van der Waals surface area contributed by atoms with Gasteiger partial charge in [-0.25, -0.2) is 4.39 Å². The van der Waals surface area contributed by atoms with Gasteiger partial charge in [0.25, 0.3) is 0 Å². The van der Waals surface area contributed by atoms with E-state index in [9.17, 15) is 9.50 Å². The Bertz CT molecular complexity index is 976. The molecule has 1 heterocycles. The van der Waals surface area contributed by atoms with E-state index in [1.54, 1.807) is 0 Å². The summed E-state index contributed by atoms with van der Waals surface area (Å²) >= 11 is 0. The summed E-state index contributed by atoms with van der Waals surface area (Å²) in [6.45, 7) is 10.7. The summed E-state index contributed by atoms with van der Waals surface area (Å²) in [5.41, 5.74) is 4.81. The molecule has 1 N–H and O–H groups in total. The second kappa shape index (κ2) is 7.76. The molecule has 0 fully saturated rings. The Hall–Kier alpha value is -2.29. The lowest BCUT2D eigenvalue weighted by Gasteiger charge is -2.42. The molecule has 0 saturated carbocycles. The second-order valence-electron chi connectivity index (χ2n) is 9.32. The Kier molecular flexibility index (Phi) is 5.42. The average molecular weight is 409 g/mol. The number of hydrogen-bond acceptors (Lipinski definition) is 2. The van der Waals surface area contributed by atoms with Crippen LogP contribution >= 0.6 is 0 Å². The van der Waals surface area contributed by atoms with E-state index in [-0.39, 0.29) is 23.3 Å². The molecule has 2 nitrogen and oxygen atoms in total. The van der Waals surface area contributed by atoms with Gasteiger partial charge >= 0.3 is 0 Å². The number of allylic oxidation sites excluding steroid dienone is 2. The van der Waals surface area contributed by atoms with E-state index in [1.165, 1.54) is 12.1 Å². The molecule has 0 radical (unpaired) electrons. The van der Waals surface area contributed by atoms with Crippen molar-refractivity contribution in [2.24, 2.45) is 5.92 Å². The predicted octanol–water partition coefficient (Wildman–Crippen LogP) is 7.08. The lowest BCUT2D eigenvalue weighted by molar-refractivity contribution is 0.107. The molecule has 0 amide bonds. The third-order valence-corrected chi connectivity index (χ3v) is 7.44. The zero-order chi connectivity index (χ0) is 21.6. The summed E-state index contributed by atoms with van der Waals surface area (Å²) in [4.78, 5) is 0. The van der Waals surface area contributed by atoms with Crippen molar-refractivity contribution in [3.05, 3.63) is 70.1 Å². The third kappa shape index (κ3) is 3.14. The molecule has 2 aromatic carbocycles. The fourth-order valence-electron chi connectivity index (χ4n) is 6.01. The molecule has 4 rings (SSSR count). The molecule has 4 unspecified atom stereocenters. The molecule has 2 aliphatic rings. The van der Waals surface area contributed by atoms with Gasteiger partial charge in [-0.15, -0.1) is 0 Å². The molecule has 30 heavy (non-hydrogen) atoms. The fourth-order valence-corrected chi connectivity index (χ4v) is 6.01. The first-order valence-electron chi connectivity index (χ1n) is 11.3. The van der Waals surface area contributed by atoms with Crippen molar-refractivity contribution < 1.29 is 14.2 Å². The van der Waals surface area contributed by atoms with Crippen molar-refractivity contribution in [3.63, 3.8) is 0 Å². The fraction of sp³-hybridized carbons (Fsp3) is 0.481. The zero-order valence-corrected chi connectivity index (χ0v) is 18.8. The van der Waals surface area contributed by atoms with E-state index in [0.717, 1.165) is 59.3 Å². The monoisotopic (exact) mass is 408 g/mol. The SMILES string of the molecule is CCCC(C)(c1ccc(F)cc1)c1c(C)c(O)c2c(c1C)OC(C)C1CCC=CC21. The van der Waals surface area contributed by atoms with Crippen LogP contribution in [0.1, 0.15) is 80.2 Å². The summed E-state index contributed by atoms with van der Waals surface area (Å²) < 4.78 is 20.1. The molecule has 1 aliphatic heterocycles. The Morgan fingerprint density at radius 1 is 1.17 bits per heavy atom. The van der Waals surface area contributed by atoms with Gasteiger partial charge < -0.3 is 9.84 Å². The van der Waals surface area contributed by atoms with Crippen LogP contribution in [0.15, 0.2) is 36.4 Å². The Morgan fingerprint density at radius 2 is 1.87 bits per heavy atom. The van der Waals surface area contributed by atoms with E-state index in [2.05, 4.69) is 39.8 Å². The predicted molar refractivity (Wildman–Crippen MR) is 120 cm³/mol. The van der Waals surface area contributed by atoms with Crippen LogP contribution in [0.25, 0.3) is 0 Å². The number of rotatable bonds is 4. The average Bonchev–Trinajstić information content (AvgIpc) is 2.73. The highest BCUT2D eigenvalue weighted by Gasteiger charge is 2.42. The Morgan fingerprint density at radius 3 is 2.53 bits per heavy atom. The second-order valence-corrected chi connectivity index (χ2v) is 9.32. The summed E-state index contributed by atoms with van der Waals surface area (Å²) in [6, 6.07) is 6.82. The highest BCUT2D eigenvalue weighted by atomic mass is 19.1. The minimum absolute atomic E-state index is 0.115. The van der Waals surface area contributed by atoms with Gasteiger partial charge in [-0.05, 0) is 74.4 Å². The number of hydrogen-bond donors (Lipinski definition) is 1. The number of halogens is 1. The molecule has 0 spiro atoms. The van der Waals surface area contributed by atoms with Crippen molar-refractivity contribution in [1.29, 1.82) is 0 Å². The van der Waals surface area contributed by atoms with E-state index >= 15 is 0 Å². The van der Waals surface area contributed by atoms with Gasteiger partial charge in [-0.1, -0.05) is 44.6 Å². The van der Waals surface area contributed by atoms with Crippen LogP contribution in [-0.2, 0) is 5.41 Å². The van der Waals surface area contributed by atoms with E-state index in [4.69, 9.17) is 4.74 Å². The van der Waals surface area contributed by atoms with Crippen molar-refractivity contribution in [2.45, 2.75) is 77.7 Å². The normalized spacial score (nSPS) is 24.5. The van der Waals surface area contributed by atoms with E-state index in [1.807, 2.05) is 19.1 Å². The Balaban J connectivity index is 1.96. The minimum Gasteiger partial charge on any atom is -0.507 e. The molecule has 160 valence electrons. The van der Waals surface area contributed by atoms with Crippen molar-refractivity contribution in [1.82, 2.24) is 0 Å².